The molecule has 0 saturated heterocycles. The monoisotopic (exact) mass is 184 g/mol. The average molecular weight is 184 g/mol. The highest BCUT2D eigenvalue weighted by molar-refractivity contribution is 5.76. The summed E-state index contributed by atoms with van der Waals surface area (Å²) in [6.07, 6.45) is 0.0587. The van der Waals surface area contributed by atoms with Crippen molar-refractivity contribution in [2.24, 2.45) is 5.84 Å². The third kappa shape index (κ3) is 2.48. The number of aromatic nitrogens is 4. The van der Waals surface area contributed by atoms with Gasteiger partial charge in [-0.25, -0.2) is 5.84 Å². The first-order valence-corrected chi connectivity index (χ1v) is 3.91. The van der Waals surface area contributed by atoms with Crippen LogP contribution < -0.4 is 11.3 Å². The van der Waals surface area contributed by atoms with Gasteiger partial charge in [0.1, 0.15) is 0 Å². The normalized spacial score (nSPS) is 10.5. The Bertz CT molecular complexity index is 293. The Morgan fingerprint density at radius 1 is 1.69 bits per heavy atom. The molecule has 1 rings (SSSR count). The number of nitrogens with two attached hydrogens (primary N) is 1. The van der Waals surface area contributed by atoms with Crippen LogP contribution in [0.15, 0.2) is 0 Å². The van der Waals surface area contributed by atoms with E-state index < -0.39 is 0 Å². The van der Waals surface area contributed by atoms with E-state index >= 15 is 0 Å². The lowest BCUT2D eigenvalue weighted by molar-refractivity contribution is -0.120. The molecule has 13 heavy (non-hydrogen) atoms. The van der Waals surface area contributed by atoms with Gasteiger partial charge in [0.05, 0.1) is 12.5 Å². The maximum Gasteiger partial charge on any atom is 0.241 e. The fraction of sp³-hybridized carbons (Fsp3) is 0.667. The van der Waals surface area contributed by atoms with E-state index in [-0.39, 0.29) is 18.4 Å². The maximum absolute atomic E-state index is 10.8. The summed E-state index contributed by atoms with van der Waals surface area (Å²) in [5.41, 5.74) is 2.00. The van der Waals surface area contributed by atoms with Crippen LogP contribution in [-0.4, -0.2) is 26.1 Å². The standard InChI is InChI=1S/C6H12N6O/c1-4(2)12-10-5(9-11-12)3-6(13)8-7/h4H,3,7H2,1-2H3,(H,8,13). The molecule has 7 nitrogen and oxygen atoms in total. The number of nitrogens with zero attached hydrogens (tertiary/aromatic N) is 4. The summed E-state index contributed by atoms with van der Waals surface area (Å²) in [5.74, 6) is 4.95. The van der Waals surface area contributed by atoms with Gasteiger partial charge in [0, 0.05) is 0 Å². The Kier molecular flexibility index (Phi) is 2.91. The van der Waals surface area contributed by atoms with Crippen molar-refractivity contribution in [3.63, 3.8) is 0 Å². The molecule has 1 amide bonds. The van der Waals surface area contributed by atoms with E-state index in [2.05, 4.69) is 15.4 Å². The fourth-order valence-corrected chi connectivity index (χ4v) is 0.740. The SMILES string of the molecule is CC(C)n1nnc(CC(=O)NN)n1. The molecule has 0 aromatic carbocycles. The number of hydrogen-bond donors (Lipinski definition) is 2. The number of hydrazine groups is 1. The molecule has 0 spiro atoms. The molecule has 7 heteroatoms. The average Bonchev–Trinajstić information content (AvgIpc) is 2.52. The van der Waals surface area contributed by atoms with E-state index in [9.17, 15) is 4.79 Å². The highest BCUT2D eigenvalue weighted by atomic mass is 16.2. The lowest BCUT2D eigenvalue weighted by Gasteiger charge is -1.98. The summed E-state index contributed by atoms with van der Waals surface area (Å²) in [5, 5.41) is 11.4. The van der Waals surface area contributed by atoms with Crippen molar-refractivity contribution in [2.45, 2.75) is 26.3 Å². The Balaban J connectivity index is 2.64. The van der Waals surface area contributed by atoms with Crippen molar-refractivity contribution >= 4 is 5.91 Å². The van der Waals surface area contributed by atoms with Crippen molar-refractivity contribution in [2.75, 3.05) is 0 Å². The molecule has 1 aromatic rings. The number of hydrogen-bond acceptors (Lipinski definition) is 5. The second kappa shape index (κ2) is 3.94. The molecule has 1 heterocycles. The van der Waals surface area contributed by atoms with Crippen LogP contribution in [0.4, 0.5) is 0 Å². The summed E-state index contributed by atoms with van der Waals surface area (Å²) in [4.78, 5) is 12.3. The van der Waals surface area contributed by atoms with Crippen molar-refractivity contribution in [3.8, 4) is 0 Å². The van der Waals surface area contributed by atoms with Gasteiger partial charge in [-0.3, -0.25) is 10.2 Å². The predicted molar refractivity (Wildman–Crippen MR) is 44.2 cm³/mol. The van der Waals surface area contributed by atoms with Crippen LogP contribution in [0.1, 0.15) is 25.7 Å². The van der Waals surface area contributed by atoms with Crippen LogP contribution in [0.25, 0.3) is 0 Å². The van der Waals surface area contributed by atoms with Crippen LogP contribution in [0.5, 0.6) is 0 Å². The predicted octanol–water partition coefficient (Wildman–Crippen LogP) is -1.21. The molecule has 0 aliphatic carbocycles. The Morgan fingerprint density at radius 2 is 2.38 bits per heavy atom. The first kappa shape index (κ1) is 9.59. The summed E-state index contributed by atoms with van der Waals surface area (Å²) < 4.78 is 0. The zero-order valence-electron chi connectivity index (χ0n) is 7.56. The van der Waals surface area contributed by atoms with Crippen LogP contribution in [0.2, 0.25) is 0 Å². The van der Waals surface area contributed by atoms with Gasteiger partial charge in [0.2, 0.25) is 5.91 Å². The number of carbonyl (C=O) groups is 1. The molecule has 0 unspecified atom stereocenters. The second-order valence-electron chi connectivity index (χ2n) is 2.86. The molecule has 0 atom stereocenters. The van der Waals surface area contributed by atoms with E-state index in [0.717, 1.165) is 0 Å². The quantitative estimate of drug-likeness (QED) is 0.349. The maximum atomic E-state index is 10.8. The van der Waals surface area contributed by atoms with Gasteiger partial charge in [0.25, 0.3) is 0 Å². The second-order valence-corrected chi connectivity index (χ2v) is 2.86. The fourth-order valence-electron chi connectivity index (χ4n) is 0.740. The van der Waals surface area contributed by atoms with E-state index in [1.54, 1.807) is 0 Å². The molecule has 0 saturated carbocycles. The Hall–Kier alpha value is -1.50. The minimum atomic E-state index is -0.330. The van der Waals surface area contributed by atoms with Gasteiger partial charge >= 0.3 is 0 Å². The van der Waals surface area contributed by atoms with Crippen LogP contribution in [0.3, 0.4) is 0 Å². The van der Waals surface area contributed by atoms with Crippen LogP contribution >= 0.6 is 0 Å². The van der Waals surface area contributed by atoms with Gasteiger partial charge in [0.15, 0.2) is 5.82 Å². The van der Waals surface area contributed by atoms with E-state index in [4.69, 9.17) is 5.84 Å². The molecule has 0 aliphatic rings. The zero-order chi connectivity index (χ0) is 9.84. The summed E-state index contributed by atoms with van der Waals surface area (Å²) in [7, 11) is 0. The molecule has 0 aliphatic heterocycles. The van der Waals surface area contributed by atoms with Gasteiger partial charge in [-0.2, -0.15) is 4.80 Å². The van der Waals surface area contributed by atoms with Gasteiger partial charge in [-0.1, -0.05) is 0 Å². The van der Waals surface area contributed by atoms with Gasteiger partial charge in [-0.15, -0.1) is 10.2 Å². The molecule has 1 aromatic heterocycles. The molecular weight excluding hydrogens is 172 g/mol. The summed E-state index contributed by atoms with van der Waals surface area (Å²) >= 11 is 0. The molecule has 0 bridgehead atoms. The van der Waals surface area contributed by atoms with Crippen molar-refractivity contribution < 1.29 is 4.79 Å². The summed E-state index contributed by atoms with van der Waals surface area (Å²) in [6, 6.07) is 0.141. The van der Waals surface area contributed by atoms with E-state index in [0.29, 0.717) is 5.82 Å². The molecule has 0 fully saturated rings. The van der Waals surface area contributed by atoms with Gasteiger partial charge in [-0.05, 0) is 19.1 Å². The minimum absolute atomic E-state index is 0.0587. The van der Waals surface area contributed by atoms with Crippen molar-refractivity contribution in [3.05, 3.63) is 5.82 Å². The molecular formula is C6H12N6O. The van der Waals surface area contributed by atoms with Crippen LogP contribution in [0, 0.1) is 0 Å². The zero-order valence-corrected chi connectivity index (χ0v) is 7.56. The highest BCUT2D eigenvalue weighted by Crippen LogP contribution is 1.98. The smallest absolute Gasteiger partial charge is 0.241 e. The number of amides is 1. The highest BCUT2D eigenvalue weighted by Gasteiger charge is 2.08. The van der Waals surface area contributed by atoms with E-state index in [1.807, 2.05) is 19.3 Å². The minimum Gasteiger partial charge on any atom is -0.294 e. The molecule has 72 valence electrons. The lowest BCUT2D eigenvalue weighted by atomic mass is 10.4. The summed E-state index contributed by atoms with van der Waals surface area (Å²) in [6.45, 7) is 3.85. The van der Waals surface area contributed by atoms with Gasteiger partial charge < -0.3 is 0 Å². The number of nitrogens with one attached hydrogen (secondary N) is 1. The first-order chi connectivity index (χ1) is 6.13. The van der Waals surface area contributed by atoms with Crippen molar-refractivity contribution in [1.29, 1.82) is 0 Å². The number of carbonyl (C=O) groups excluding carboxylic acids is 1. The number of tetrazole rings is 1. The lowest BCUT2D eigenvalue weighted by Crippen LogP contribution is -2.31. The van der Waals surface area contributed by atoms with Crippen molar-refractivity contribution in [1.82, 2.24) is 25.6 Å². The van der Waals surface area contributed by atoms with Crippen LogP contribution in [-0.2, 0) is 11.2 Å². The largest absolute Gasteiger partial charge is 0.294 e. The first-order valence-electron chi connectivity index (χ1n) is 3.91. The third-order valence-electron chi connectivity index (χ3n) is 1.41. The van der Waals surface area contributed by atoms with E-state index in [1.165, 1.54) is 4.80 Å². The topological polar surface area (TPSA) is 98.7 Å². The number of rotatable bonds is 3. The molecule has 0 radical (unpaired) electrons. The third-order valence-corrected chi connectivity index (χ3v) is 1.41. The Morgan fingerprint density at radius 3 is 2.85 bits per heavy atom. The Labute approximate surface area is 75.3 Å². The molecule has 3 N–H and O–H groups in total.